The number of carboxylic acids is 1. The van der Waals surface area contributed by atoms with Gasteiger partial charge in [0.15, 0.2) is 0 Å². The van der Waals surface area contributed by atoms with Crippen LogP contribution in [0.25, 0.3) is 0 Å². The highest BCUT2D eigenvalue weighted by atomic mass is 16.4. The zero-order valence-corrected chi connectivity index (χ0v) is 11.5. The molecule has 1 N–H and O–H groups in total. The van der Waals surface area contributed by atoms with Crippen molar-refractivity contribution in [1.29, 1.82) is 0 Å². The highest BCUT2D eigenvalue weighted by Crippen LogP contribution is 2.49. The molecule has 0 bridgehead atoms. The number of benzene rings is 1. The monoisotopic (exact) mass is 273 g/mol. The zero-order chi connectivity index (χ0) is 14.3. The maximum atomic E-state index is 12.4. The molecule has 1 aliphatic heterocycles. The van der Waals surface area contributed by atoms with E-state index in [1.165, 1.54) is 5.56 Å². The highest BCUT2D eigenvalue weighted by Gasteiger charge is 2.48. The van der Waals surface area contributed by atoms with Crippen LogP contribution in [0, 0.1) is 17.8 Å². The topological polar surface area (TPSA) is 57.6 Å². The van der Waals surface area contributed by atoms with E-state index in [9.17, 15) is 9.59 Å². The predicted octanol–water partition coefficient (Wildman–Crippen LogP) is 1.97. The third-order valence-corrected chi connectivity index (χ3v) is 4.58. The van der Waals surface area contributed by atoms with E-state index in [0.29, 0.717) is 19.0 Å². The molecule has 106 valence electrons. The Kier molecular flexibility index (Phi) is 3.24. The van der Waals surface area contributed by atoms with Crippen LogP contribution >= 0.6 is 0 Å². The van der Waals surface area contributed by atoms with Gasteiger partial charge in [-0.15, -0.1) is 0 Å². The summed E-state index contributed by atoms with van der Waals surface area (Å²) < 4.78 is 0. The van der Waals surface area contributed by atoms with E-state index in [4.69, 9.17) is 5.11 Å². The summed E-state index contributed by atoms with van der Waals surface area (Å²) in [5.41, 5.74) is 1.22. The predicted molar refractivity (Wildman–Crippen MR) is 74.2 cm³/mol. The van der Waals surface area contributed by atoms with Gasteiger partial charge in [0.2, 0.25) is 5.91 Å². The smallest absolute Gasteiger partial charge is 0.308 e. The summed E-state index contributed by atoms with van der Waals surface area (Å²) in [5, 5.41) is 9.13. The van der Waals surface area contributed by atoms with Crippen LogP contribution < -0.4 is 0 Å². The Bertz CT molecular complexity index is 528. The fraction of sp³-hybridized carbons (Fsp3) is 0.500. The Morgan fingerprint density at radius 1 is 1.15 bits per heavy atom. The second-order valence-corrected chi connectivity index (χ2v) is 6.02. The minimum atomic E-state index is -0.789. The van der Waals surface area contributed by atoms with Gasteiger partial charge in [-0.25, -0.2) is 0 Å². The van der Waals surface area contributed by atoms with Gasteiger partial charge in [-0.05, 0) is 23.8 Å². The van der Waals surface area contributed by atoms with Gasteiger partial charge in [0.1, 0.15) is 0 Å². The van der Waals surface area contributed by atoms with Crippen LogP contribution in [0.3, 0.4) is 0 Å². The lowest BCUT2D eigenvalue weighted by atomic mass is 9.99. The van der Waals surface area contributed by atoms with Crippen molar-refractivity contribution in [2.45, 2.75) is 19.3 Å². The van der Waals surface area contributed by atoms with Crippen LogP contribution in [0.15, 0.2) is 30.3 Å². The molecule has 0 radical (unpaired) electrons. The summed E-state index contributed by atoms with van der Waals surface area (Å²) >= 11 is 0. The van der Waals surface area contributed by atoms with Crippen LogP contribution in [0.2, 0.25) is 0 Å². The van der Waals surface area contributed by atoms with E-state index in [1.54, 1.807) is 4.90 Å². The number of likely N-dealkylation sites (tertiary alicyclic amines) is 1. The Balaban J connectivity index is 1.63. The summed E-state index contributed by atoms with van der Waals surface area (Å²) in [4.78, 5) is 25.3. The number of aliphatic carboxylic acids is 1. The van der Waals surface area contributed by atoms with E-state index in [2.05, 4.69) is 12.1 Å². The summed E-state index contributed by atoms with van der Waals surface area (Å²) in [6.45, 7) is 2.86. The van der Waals surface area contributed by atoms with Crippen molar-refractivity contribution in [1.82, 2.24) is 4.90 Å². The van der Waals surface area contributed by atoms with Gasteiger partial charge in [-0.2, -0.15) is 0 Å². The number of hydrogen-bond acceptors (Lipinski definition) is 2. The van der Waals surface area contributed by atoms with Crippen molar-refractivity contribution >= 4 is 11.9 Å². The molecule has 1 aromatic carbocycles. The minimum absolute atomic E-state index is 0.0466. The molecule has 20 heavy (non-hydrogen) atoms. The second kappa shape index (κ2) is 4.93. The number of carbonyl (C=O) groups excluding carboxylic acids is 1. The zero-order valence-electron chi connectivity index (χ0n) is 11.5. The molecule has 4 unspecified atom stereocenters. The van der Waals surface area contributed by atoms with Crippen LogP contribution in [-0.4, -0.2) is 35.0 Å². The Hall–Kier alpha value is -1.84. The van der Waals surface area contributed by atoms with Gasteiger partial charge in [0.05, 0.1) is 5.92 Å². The third-order valence-electron chi connectivity index (χ3n) is 4.58. The fourth-order valence-corrected chi connectivity index (χ4v) is 3.24. The molecule has 1 saturated carbocycles. The van der Waals surface area contributed by atoms with Crippen molar-refractivity contribution in [3.8, 4) is 0 Å². The van der Waals surface area contributed by atoms with Crippen molar-refractivity contribution < 1.29 is 14.7 Å². The van der Waals surface area contributed by atoms with Gasteiger partial charge < -0.3 is 10.0 Å². The number of carboxylic acid groups (broad SMARTS) is 1. The van der Waals surface area contributed by atoms with Gasteiger partial charge in [0.25, 0.3) is 0 Å². The molecule has 1 saturated heterocycles. The molecule has 1 amide bonds. The van der Waals surface area contributed by atoms with Gasteiger partial charge >= 0.3 is 5.97 Å². The standard InChI is InChI=1S/C16H19NO3/c1-10-8-17(9-14(10)16(19)20)15(18)13-7-12(13)11-5-3-2-4-6-11/h2-6,10,12-14H,7-9H2,1H3,(H,19,20). The average molecular weight is 273 g/mol. The quantitative estimate of drug-likeness (QED) is 0.916. The average Bonchev–Trinajstić information content (AvgIpc) is 3.14. The van der Waals surface area contributed by atoms with Crippen LogP contribution in [0.4, 0.5) is 0 Å². The summed E-state index contributed by atoms with van der Waals surface area (Å²) in [5.74, 6) is -0.643. The van der Waals surface area contributed by atoms with E-state index in [0.717, 1.165) is 6.42 Å². The first-order chi connectivity index (χ1) is 9.58. The van der Waals surface area contributed by atoms with E-state index in [-0.39, 0.29) is 17.7 Å². The van der Waals surface area contributed by atoms with Crippen molar-refractivity contribution in [3.05, 3.63) is 35.9 Å². The minimum Gasteiger partial charge on any atom is -0.481 e. The highest BCUT2D eigenvalue weighted by molar-refractivity contribution is 5.84. The number of carbonyl (C=O) groups is 2. The van der Waals surface area contributed by atoms with Gasteiger partial charge in [-0.1, -0.05) is 37.3 Å². The molecular formula is C16H19NO3. The van der Waals surface area contributed by atoms with Crippen LogP contribution in [-0.2, 0) is 9.59 Å². The molecular weight excluding hydrogens is 254 g/mol. The molecule has 4 atom stereocenters. The maximum Gasteiger partial charge on any atom is 0.308 e. The first-order valence-electron chi connectivity index (χ1n) is 7.14. The van der Waals surface area contributed by atoms with E-state index >= 15 is 0 Å². The molecule has 0 spiro atoms. The summed E-state index contributed by atoms with van der Waals surface area (Å²) in [7, 11) is 0. The molecule has 1 aromatic rings. The van der Waals surface area contributed by atoms with Gasteiger partial charge in [-0.3, -0.25) is 9.59 Å². The van der Waals surface area contributed by atoms with Gasteiger partial charge in [0, 0.05) is 19.0 Å². The fourth-order valence-electron chi connectivity index (χ4n) is 3.24. The number of nitrogens with zero attached hydrogens (tertiary/aromatic N) is 1. The number of hydrogen-bond donors (Lipinski definition) is 1. The Labute approximate surface area is 118 Å². The molecule has 2 fully saturated rings. The normalized spacial score (nSPS) is 32.1. The first-order valence-corrected chi connectivity index (χ1v) is 7.14. The van der Waals surface area contributed by atoms with E-state index in [1.807, 2.05) is 25.1 Å². The number of rotatable bonds is 3. The van der Waals surface area contributed by atoms with Crippen molar-refractivity contribution in [2.24, 2.45) is 17.8 Å². The largest absolute Gasteiger partial charge is 0.481 e. The maximum absolute atomic E-state index is 12.4. The summed E-state index contributed by atoms with van der Waals surface area (Å²) in [6.07, 6.45) is 0.894. The summed E-state index contributed by atoms with van der Waals surface area (Å²) in [6, 6.07) is 10.1. The molecule has 3 rings (SSSR count). The molecule has 4 heteroatoms. The number of amides is 1. The van der Waals surface area contributed by atoms with E-state index < -0.39 is 11.9 Å². The molecule has 2 aliphatic rings. The Morgan fingerprint density at radius 2 is 1.85 bits per heavy atom. The lowest BCUT2D eigenvalue weighted by Crippen LogP contribution is -2.31. The molecule has 4 nitrogen and oxygen atoms in total. The lowest BCUT2D eigenvalue weighted by molar-refractivity contribution is -0.142. The van der Waals surface area contributed by atoms with Crippen molar-refractivity contribution in [3.63, 3.8) is 0 Å². The Morgan fingerprint density at radius 3 is 2.45 bits per heavy atom. The molecule has 0 aromatic heterocycles. The molecule has 1 aliphatic carbocycles. The second-order valence-electron chi connectivity index (χ2n) is 6.02. The van der Waals surface area contributed by atoms with Crippen LogP contribution in [0.1, 0.15) is 24.8 Å². The molecule has 1 heterocycles. The first kappa shape index (κ1) is 13.2. The van der Waals surface area contributed by atoms with Crippen molar-refractivity contribution in [2.75, 3.05) is 13.1 Å². The SMILES string of the molecule is CC1CN(C(=O)C2CC2c2ccccc2)CC1C(=O)O. The third kappa shape index (κ3) is 2.30. The van der Waals surface area contributed by atoms with Crippen LogP contribution in [0.5, 0.6) is 0 Å². The lowest BCUT2D eigenvalue weighted by Gasteiger charge is -2.15.